The maximum absolute atomic E-state index is 12.7. The van der Waals surface area contributed by atoms with Crippen LogP contribution in [0.25, 0.3) is 0 Å². The molecule has 2 rings (SSSR count). The molecule has 0 unspecified atom stereocenters. The van der Waals surface area contributed by atoms with Crippen molar-refractivity contribution in [3.05, 3.63) is 0 Å². The summed E-state index contributed by atoms with van der Waals surface area (Å²) in [5, 5.41) is 0. The minimum absolute atomic E-state index is 0.258. The Morgan fingerprint density at radius 2 is 1.62 bits per heavy atom. The van der Waals surface area contributed by atoms with E-state index in [1.54, 1.807) is 4.31 Å². The number of hydrogen-bond donors (Lipinski definition) is 2. The van der Waals surface area contributed by atoms with Gasteiger partial charge in [0.2, 0.25) is 0 Å². The number of rotatable bonds is 4. The van der Waals surface area contributed by atoms with E-state index in [2.05, 4.69) is 9.62 Å². The summed E-state index contributed by atoms with van der Waals surface area (Å²) in [4.78, 5) is 2.42. The second-order valence-electron chi connectivity index (χ2n) is 6.17. The fraction of sp³-hybridized carbons (Fsp3) is 0.923. The average molecular weight is 335 g/mol. The van der Waals surface area contributed by atoms with Crippen molar-refractivity contribution in [1.29, 1.82) is 0 Å². The molecule has 21 heavy (non-hydrogen) atoms. The minimum atomic E-state index is -3.53. The number of piperidine rings is 1. The van der Waals surface area contributed by atoms with E-state index in [0.717, 1.165) is 38.8 Å². The van der Waals surface area contributed by atoms with E-state index < -0.39 is 15.7 Å². The van der Waals surface area contributed by atoms with Gasteiger partial charge in [-0.15, -0.1) is 0 Å². The van der Waals surface area contributed by atoms with Crippen LogP contribution in [0.15, 0.2) is 0 Å². The van der Waals surface area contributed by atoms with Gasteiger partial charge in [-0.1, -0.05) is 25.1 Å². The summed E-state index contributed by atoms with van der Waals surface area (Å²) in [5.74, 6) is 0. The fourth-order valence-corrected chi connectivity index (χ4v) is 4.99. The van der Waals surface area contributed by atoms with Gasteiger partial charge in [-0.05, 0) is 32.7 Å². The minimum Gasteiger partial charge on any atom is -0.392 e. The molecule has 0 spiro atoms. The third-order valence-corrected chi connectivity index (χ3v) is 6.63. The highest BCUT2D eigenvalue weighted by molar-refractivity contribution is 7.87. The first kappa shape index (κ1) is 17.1. The lowest BCUT2D eigenvalue weighted by Crippen LogP contribution is -2.63. The van der Waals surface area contributed by atoms with Crippen LogP contribution < -0.4 is 10.5 Å². The third-order valence-electron chi connectivity index (χ3n) is 4.54. The summed E-state index contributed by atoms with van der Waals surface area (Å²) in [6, 6.07) is 0. The molecule has 2 aliphatic heterocycles. The number of thiocarbonyl (C=S) groups is 1. The lowest BCUT2D eigenvalue weighted by molar-refractivity contribution is 0.218. The van der Waals surface area contributed by atoms with Crippen molar-refractivity contribution in [2.75, 3.05) is 33.2 Å². The van der Waals surface area contributed by atoms with Crippen molar-refractivity contribution in [2.24, 2.45) is 5.73 Å². The summed E-state index contributed by atoms with van der Waals surface area (Å²) in [6.45, 7) is 2.75. The van der Waals surface area contributed by atoms with Crippen molar-refractivity contribution in [2.45, 2.75) is 44.1 Å². The maximum Gasteiger partial charge on any atom is 0.280 e. The van der Waals surface area contributed by atoms with Crippen LogP contribution in [0.1, 0.15) is 38.5 Å². The van der Waals surface area contributed by atoms with E-state index in [-0.39, 0.29) is 4.99 Å². The van der Waals surface area contributed by atoms with Gasteiger partial charge in [-0.3, -0.25) is 0 Å². The number of nitrogens with two attached hydrogens (primary N) is 1. The van der Waals surface area contributed by atoms with E-state index >= 15 is 0 Å². The van der Waals surface area contributed by atoms with Crippen molar-refractivity contribution >= 4 is 27.4 Å². The van der Waals surface area contributed by atoms with Gasteiger partial charge in [-0.2, -0.15) is 17.4 Å². The molecule has 0 amide bonds. The Bertz CT molecular complexity index is 465. The van der Waals surface area contributed by atoms with Crippen LogP contribution in [0.5, 0.6) is 0 Å². The highest BCUT2D eigenvalue weighted by Crippen LogP contribution is 2.24. The first-order valence-electron chi connectivity index (χ1n) is 7.63. The van der Waals surface area contributed by atoms with E-state index in [1.807, 2.05) is 7.05 Å². The molecule has 2 heterocycles. The largest absolute Gasteiger partial charge is 0.392 e. The molecule has 8 heteroatoms. The van der Waals surface area contributed by atoms with Crippen molar-refractivity contribution in [3.8, 4) is 0 Å². The zero-order valence-electron chi connectivity index (χ0n) is 12.7. The van der Waals surface area contributed by atoms with Crippen molar-refractivity contribution < 1.29 is 8.42 Å². The molecular formula is C13H26N4O2S2. The highest BCUT2D eigenvalue weighted by Gasteiger charge is 2.41. The molecule has 0 saturated carbocycles. The van der Waals surface area contributed by atoms with Gasteiger partial charge >= 0.3 is 0 Å². The quantitative estimate of drug-likeness (QED) is 0.730. The van der Waals surface area contributed by atoms with Gasteiger partial charge in [0, 0.05) is 26.2 Å². The topological polar surface area (TPSA) is 78.7 Å². The molecule has 2 fully saturated rings. The third kappa shape index (κ3) is 4.13. The monoisotopic (exact) mass is 334 g/mol. The highest BCUT2D eigenvalue weighted by atomic mass is 32.2. The average Bonchev–Trinajstić information content (AvgIpc) is 2.70. The van der Waals surface area contributed by atoms with E-state index in [9.17, 15) is 8.42 Å². The molecule has 3 N–H and O–H groups in total. The van der Waals surface area contributed by atoms with Crippen LogP contribution in [0, 0.1) is 0 Å². The van der Waals surface area contributed by atoms with Gasteiger partial charge < -0.3 is 10.6 Å². The molecule has 2 aliphatic rings. The molecule has 6 nitrogen and oxygen atoms in total. The summed E-state index contributed by atoms with van der Waals surface area (Å²) in [7, 11) is -1.51. The van der Waals surface area contributed by atoms with Crippen LogP contribution >= 0.6 is 12.2 Å². The molecule has 0 bridgehead atoms. The molecule has 0 aromatic rings. The lowest BCUT2D eigenvalue weighted by Gasteiger charge is -2.41. The molecule has 0 atom stereocenters. The van der Waals surface area contributed by atoms with Gasteiger partial charge in [0.1, 0.15) is 0 Å². The van der Waals surface area contributed by atoms with Gasteiger partial charge in [0.05, 0.1) is 10.5 Å². The van der Waals surface area contributed by atoms with Gasteiger partial charge in [0.25, 0.3) is 10.2 Å². The summed E-state index contributed by atoms with van der Waals surface area (Å²) < 4.78 is 29.8. The van der Waals surface area contributed by atoms with Crippen LogP contribution in [0.4, 0.5) is 0 Å². The molecule has 0 aromatic carbocycles. The van der Waals surface area contributed by atoms with Crippen molar-refractivity contribution in [1.82, 2.24) is 13.9 Å². The second-order valence-corrected chi connectivity index (χ2v) is 8.28. The zero-order chi connectivity index (χ0) is 15.5. The van der Waals surface area contributed by atoms with Crippen LogP contribution in [-0.2, 0) is 10.2 Å². The Hall–Kier alpha value is -0.280. The standard InChI is InChI=1S/C13H26N4O2S2/c1-16-10-6-13(7-11-16,12(14)20)15-21(18,19)17-8-4-2-3-5-9-17/h15H,2-11H2,1H3,(H2,14,20). The Balaban J connectivity index is 2.13. The summed E-state index contributed by atoms with van der Waals surface area (Å²) in [6.07, 6.45) is 5.29. The van der Waals surface area contributed by atoms with Crippen molar-refractivity contribution in [3.63, 3.8) is 0 Å². The second kappa shape index (κ2) is 6.87. The zero-order valence-corrected chi connectivity index (χ0v) is 14.3. The molecular weight excluding hydrogens is 308 g/mol. The van der Waals surface area contributed by atoms with Crippen LogP contribution in [0.3, 0.4) is 0 Å². The fourth-order valence-electron chi connectivity index (χ4n) is 2.99. The number of nitrogens with zero attached hydrogens (tertiary/aromatic N) is 2. The first-order chi connectivity index (χ1) is 9.86. The molecule has 2 saturated heterocycles. The maximum atomic E-state index is 12.7. The SMILES string of the molecule is CN1CCC(NS(=O)(=O)N2CCCCCC2)(C(N)=S)CC1. The Kier molecular flexibility index (Phi) is 5.59. The normalized spacial score (nSPS) is 25.4. The predicted molar refractivity (Wildman–Crippen MR) is 88.3 cm³/mol. The van der Waals surface area contributed by atoms with Crippen LogP contribution in [-0.4, -0.2) is 61.4 Å². The Morgan fingerprint density at radius 1 is 1.10 bits per heavy atom. The smallest absolute Gasteiger partial charge is 0.280 e. The predicted octanol–water partition coefficient (Wildman–Crippen LogP) is 0.447. The first-order valence-corrected chi connectivity index (χ1v) is 9.48. The molecule has 0 aliphatic carbocycles. The van der Waals surface area contributed by atoms with E-state index in [1.165, 1.54) is 0 Å². The molecule has 0 aromatic heterocycles. The number of likely N-dealkylation sites (tertiary alicyclic amines) is 1. The summed E-state index contributed by atoms with van der Waals surface area (Å²) in [5.41, 5.74) is 5.11. The molecule has 122 valence electrons. The summed E-state index contributed by atoms with van der Waals surface area (Å²) >= 11 is 5.18. The molecule has 0 radical (unpaired) electrons. The Labute approximate surface area is 133 Å². The number of hydrogen-bond acceptors (Lipinski definition) is 4. The van der Waals surface area contributed by atoms with Gasteiger partial charge in [0.15, 0.2) is 0 Å². The Morgan fingerprint density at radius 3 is 2.10 bits per heavy atom. The lowest BCUT2D eigenvalue weighted by atomic mass is 9.89. The van der Waals surface area contributed by atoms with Gasteiger partial charge in [-0.25, -0.2) is 0 Å². The van der Waals surface area contributed by atoms with Crippen LogP contribution in [0.2, 0.25) is 0 Å². The van der Waals surface area contributed by atoms with E-state index in [0.29, 0.717) is 25.9 Å². The number of nitrogens with one attached hydrogen (secondary N) is 1. The van der Waals surface area contributed by atoms with E-state index in [4.69, 9.17) is 18.0 Å².